The summed E-state index contributed by atoms with van der Waals surface area (Å²) >= 11 is 5.82. The van der Waals surface area contributed by atoms with Crippen LogP contribution in [-0.4, -0.2) is 34.0 Å². The molecule has 0 aliphatic carbocycles. The number of nitrogens with one attached hydrogen (secondary N) is 2. The average Bonchev–Trinajstić information content (AvgIpc) is 2.61. The topological polar surface area (TPSA) is 94.7 Å². The molecule has 0 spiro atoms. The summed E-state index contributed by atoms with van der Waals surface area (Å²) in [5.74, 6) is 0.848. The largest absolute Gasteiger partial charge is 0.362 e. The number of fused-ring (bicyclic) bond motifs is 2. The van der Waals surface area contributed by atoms with Crippen LogP contribution >= 0.6 is 11.6 Å². The predicted molar refractivity (Wildman–Crippen MR) is 104 cm³/mol. The van der Waals surface area contributed by atoms with Crippen LogP contribution in [0.2, 0.25) is 5.28 Å². The fourth-order valence-electron chi connectivity index (χ4n) is 2.49. The van der Waals surface area contributed by atoms with E-state index in [1.165, 1.54) is 0 Å². The van der Waals surface area contributed by atoms with Gasteiger partial charge in [-0.2, -0.15) is 4.98 Å². The Kier molecular flexibility index (Phi) is 4.99. The molecule has 7 nitrogen and oxygen atoms in total. The van der Waals surface area contributed by atoms with Crippen LogP contribution in [-0.2, 0) is 0 Å². The molecule has 0 aliphatic rings. The van der Waals surface area contributed by atoms with Crippen LogP contribution in [0.1, 0.15) is 0 Å². The van der Waals surface area contributed by atoms with Crippen LogP contribution in [0.3, 0.4) is 0 Å². The fourth-order valence-corrected chi connectivity index (χ4v) is 2.66. The Labute approximate surface area is 153 Å². The highest BCUT2D eigenvalue weighted by Crippen LogP contribution is 2.23. The lowest BCUT2D eigenvalue weighted by atomic mass is 10.2. The van der Waals surface area contributed by atoms with Crippen molar-refractivity contribution < 1.29 is 0 Å². The summed E-state index contributed by atoms with van der Waals surface area (Å²) in [6.45, 7) is 0. The SMILES string of the molecule is CN(C)c1nc(Cl)nc2ccccc12.O=c1[nH]c(=O)c2ccccc2[nH]1. The maximum Gasteiger partial charge on any atom is 0.326 e. The van der Waals surface area contributed by atoms with Gasteiger partial charge in [0.2, 0.25) is 5.28 Å². The normalized spacial score (nSPS) is 10.4. The number of H-pyrrole nitrogens is 2. The van der Waals surface area contributed by atoms with Crippen molar-refractivity contribution in [1.29, 1.82) is 0 Å². The maximum absolute atomic E-state index is 11.1. The van der Waals surface area contributed by atoms with Crippen LogP contribution in [0.25, 0.3) is 21.8 Å². The quantitative estimate of drug-likeness (QED) is 0.503. The van der Waals surface area contributed by atoms with Gasteiger partial charge in [0.1, 0.15) is 5.82 Å². The number of anilines is 1. The maximum atomic E-state index is 11.1. The molecule has 0 atom stereocenters. The third-order valence-corrected chi connectivity index (χ3v) is 3.80. The van der Waals surface area contributed by atoms with Gasteiger partial charge >= 0.3 is 5.69 Å². The van der Waals surface area contributed by atoms with Gasteiger partial charge in [0.05, 0.1) is 16.4 Å². The molecule has 2 aromatic heterocycles. The molecule has 0 radical (unpaired) electrons. The second-order valence-electron chi connectivity index (χ2n) is 5.68. The minimum atomic E-state index is -0.473. The number of para-hydroxylation sites is 2. The number of nitrogens with zero attached hydrogens (tertiary/aromatic N) is 3. The molecule has 2 aromatic carbocycles. The summed E-state index contributed by atoms with van der Waals surface area (Å²) < 4.78 is 0. The second kappa shape index (κ2) is 7.37. The molecule has 4 aromatic rings. The van der Waals surface area contributed by atoms with Gasteiger partial charge < -0.3 is 9.88 Å². The monoisotopic (exact) mass is 369 g/mol. The number of rotatable bonds is 1. The Morgan fingerprint density at radius 2 is 1.54 bits per heavy atom. The number of aromatic amines is 2. The number of hydrogen-bond donors (Lipinski definition) is 2. The Bertz CT molecular complexity index is 1180. The van der Waals surface area contributed by atoms with E-state index in [9.17, 15) is 9.59 Å². The first kappa shape index (κ1) is 17.6. The molecule has 0 amide bonds. The van der Waals surface area contributed by atoms with Crippen molar-refractivity contribution >= 4 is 39.2 Å². The Hall–Kier alpha value is -3.19. The van der Waals surface area contributed by atoms with Crippen molar-refractivity contribution in [2.45, 2.75) is 0 Å². The molecule has 0 fully saturated rings. The highest BCUT2D eigenvalue weighted by atomic mass is 35.5. The molecule has 0 saturated carbocycles. The number of benzene rings is 2. The zero-order chi connectivity index (χ0) is 18.7. The van der Waals surface area contributed by atoms with E-state index < -0.39 is 5.69 Å². The molecular weight excluding hydrogens is 354 g/mol. The summed E-state index contributed by atoms with van der Waals surface area (Å²) in [7, 11) is 3.87. The summed E-state index contributed by atoms with van der Waals surface area (Å²) in [4.78, 5) is 36.8. The third kappa shape index (κ3) is 3.73. The van der Waals surface area contributed by atoms with E-state index in [1.54, 1.807) is 24.3 Å². The molecule has 0 aliphatic heterocycles. The minimum absolute atomic E-state index is 0.285. The van der Waals surface area contributed by atoms with Crippen LogP contribution in [0.5, 0.6) is 0 Å². The van der Waals surface area contributed by atoms with E-state index in [1.807, 2.05) is 43.3 Å². The number of hydrogen-bond acceptors (Lipinski definition) is 5. The van der Waals surface area contributed by atoms with Crippen molar-refractivity contribution in [2.75, 3.05) is 19.0 Å². The summed E-state index contributed by atoms with van der Waals surface area (Å²) in [6, 6.07) is 14.7. The summed E-state index contributed by atoms with van der Waals surface area (Å²) in [5.41, 5.74) is 0.607. The van der Waals surface area contributed by atoms with Gasteiger partial charge in [-0.1, -0.05) is 24.3 Å². The predicted octanol–water partition coefficient (Wildman–Crippen LogP) is 2.57. The van der Waals surface area contributed by atoms with Crippen LogP contribution < -0.4 is 16.1 Å². The smallest absolute Gasteiger partial charge is 0.326 e. The molecule has 4 rings (SSSR count). The molecule has 2 N–H and O–H groups in total. The first-order valence-electron chi connectivity index (χ1n) is 7.76. The second-order valence-corrected chi connectivity index (χ2v) is 6.02. The average molecular weight is 370 g/mol. The van der Waals surface area contributed by atoms with E-state index in [0.29, 0.717) is 10.9 Å². The third-order valence-electron chi connectivity index (χ3n) is 3.63. The van der Waals surface area contributed by atoms with E-state index in [4.69, 9.17) is 11.6 Å². The summed E-state index contributed by atoms with van der Waals surface area (Å²) in [5, 5.41) is 1.80. The molecule has 26 heavy (non-hydrogen) atoms. The first-order chi connectivity index (χ1) is 12.5. The molecule has 0 saturated heterocycles. The van der Waals surface area contributed by atoms with E-state index in [-0.39, 0.29) is 10.8 Å². The fraction of sp³-hybridized carbons (Fsp3) is 0.111. The first-order valence-corrected chi connectivity index (χ1v) is 8.14. The van der Waals surface area contributed by atoms with Crippen LogP contribution in [0.15, 0.2) is 58.1 Å². The standard InChI is InChI=1S/C10H10ClN3.C8H6N2O2/c1-14(2)9-7-5-3-4-6-8(7)12-10(11)13-9;11-7-5-3-1-2-4-6(5)9-8(12)10-7/h3-6H,1-2H3;1-4H,(H2,9,10,11,12). The van der Waals surface area contributed by atoms with Crippen molar-refractivity contribution in [3.63, 3.8) is 0 Å². The Morgan fingerprint density at radius 1 is 0.885 bits per heavy atom. The van der Waals surface area contributed by atoms with Gasteiger partial charge in [-0.05, 0) is 35.9 Å². The minimum Gasteiger partial charge on any atom is -0.362 e. The highest BCUT2D eigenvalue weighted by Gasteiger charge is 2.06. The number of halogens is 1. The molecule has 132 valence electrons. The molecule has 0 bridgehead atoms. The van der Waals surface area contributed by atoms with Gasteiger partial charge in [-0.3, -0.25) is 9.78 Å². The molecule has 0 unspecified atom stereocenters. The highest BCUT2D eigenvalue weighted by molar-refractivity contribution is 6.28. The van der Waals surface area contributed by atoms with Gasteiger partial charge in [0, 0.05) is 19.5 Å². The van der Waals surface area contributed by atoms with Gasteiger partial charge in [-0.25, -0.2) is 9.78 Å². The van der Waals surface area contributed by atoms with Crippen molar-refractivity contribution in [3.05, 3.63) is 74.7 Å². The lowest BCUT2D eigenvalue weighted by molar-refractivity contribution is 1.06. The van der Waals surface area contributed by atoms with E-state index >= 15 is 0 Å². The summed E-state index contributed by atoms with van der Waals surface area (Å²) in [6.07, 6.45) is 0. The van der Waals surface area contributed by atoms with Gasteiger partial charge in [0.25, 0.3) is 5.56 Å². The lowest BCUT2D eigenvalue weighted by Gasteiger charge is -2.13. The van der Waals surface area contributed by atoms with Gasteiger partial charge in [0.15, 0.2) is 0 Å². The molecule has 2 heterocycles. The molecule has 8 heteroatoms. The Morgan fingerprint density at radius 3 is 2.27 bits per heavy atom. The van der Waals surface area contributed by atoms with E-state index in [0.717, 1.165) is 16.7 Å². The van der Waals surface area contributed by atoms with Crippen LogP contribution in [0.4, 0.5) is 5.82 Å². The van der Waals surface area contributed by atoms with Gasteiger partial charge in [-0.15, -0.1) is 0 Å². The zero-order valence-corrected chi connectivity index (χ0v) is 14.9. The van der Waals surface area contributed by atoms with E-state index in [2.05, 4.69) is 19.9 Å². The zero-order valence-electron chi connectivity index (χ0n) is 14.2. The number of aromatic nitrogens is 4. The lowest BCUT2D eigenvalue weighted by Crippen LogP contribution is -2.21. The van der Waals surface area contributed by atoms with Crippen molar-refractivity contribution in [1.82, 2.24) is 19.9 Å². The van der Waals surface area contributed by atoms with Crippen LogP contribution in [0, 0.1) is 0 Å². The van der Waals surface area contributed by atoms with Crippen molar-refractivity contribution in [3.8, 4) is 0 Å². The molecular formula is C18H16ClN5O2. The van der Waals surface area contributed by atoms with Crippen molar-refractivity contribution in [2.24, 2.45) is 0 Å². The Balaban J connectivity index is 0.000000152.